The number of carbonyl (C=O) groups excluding carboxylic acids is 3. The number of hydrogen-bond acceptors (Lipinski definition) is 12. The highest BCUT2D eigenvalue weighted by Gasteiger charge is 2.74. The number of aliphatic imine (C=N–C) groups is 2. The Bertz CT molecular complexity index is 1380. The number of likely N-dealkylation sites (tertiary alicyclic amines) is 1. The van der Waals surface area contributed by atoms with Gasteiger partial charge in [0.1, 0.15) is 6.04 Å². The summed E-state index contributed by atoms with van der Waals surface area (Å²) in [4.78, 5) is 47.4. The van der Waals surface area contributed by atoms with Crippen molar-refractivity contribution >= 4 is 29.7 Å². The Hall–Kier alpha value is -4.13. The van der Waals surface area contributed by atoms with Crippen molar-refractivity contribution in [3.8, 4) is 0 Å². The van der Waals surface area contributed by atoms with E-state index in [0.717, 1.165) is 9.80 Å². The molecule has 1 aromatic rings. The van der Waals surface area contributed by atoms with E-state index in [0.29, 0.717) is 0 Å². The number of benzene rings is 1. The zero-order chi connectivity index (χ0) is 30.3. The van der Waals surface area contributed by atoms with Crippen molar-refractivity contribution in [2.24, 2.45) is 21.5 Å². The third-order valence-corrected chi connectivity index (χ3v) is 7.39. The van der Waals surface area contributed by atoms with E-state index >= 15 is 0 Å². The first kappa shape index (κ1) is 28.4. The molecular weight excluding hydrogens is 572 g/mol. The summed E-state index contributed by atoms with van der Waals surface area (Å²) in [5.74, 6) is -7.06. The smallest absolute Gasteiger partial charge is 0.417 e. The van der Waals surface area contributed by atoms with Crippen LogP contribution in [0.5, 0.6) is 0 Å². The zero-order valence-corrected chi connectivity index (χ0v) is 20.5. The van der Waals surface area contributed by atoms with Crippen LogP contribution in [0.3, 0.4) is 0 Å². The molecule has 5 rings (SSSR count). The van der Waals surface area contributed by atoms with Crippen molar-refractivity contribution in [2.75, 3.05) is 13.1 Å². The van der Waals surface area contributed by atoms with Crippen molar-refractivity contribution in [3.05, 3.63) is 34.9 Å². The summed E-state index contributed by atoms with van der Waals surface area (Å²) in [7, 11) is 0. The second-order valence-corrected chi connectivity index (χ2v) is 9.79. The van der Waals surface area contributed by atoms with E-state index in [1.807, 2.05) is 0 Å². The Labute approximate surface area is 225 Å². The maximum atomic E-state index is 13.6. The molecule has 4 aliphatic rings. The summed E-state index contributed by atoms with van der Waals surface area (Å²) in [6.45, 7) is -1.12. The molecule has 0 saturated carbocycles. The maximum absolute atomic E-state index is 13.6. The Kier molecular flexibility index (Phi) is 6.19. The molecule has 0 aromatic heterocycles. The lowest BCUT2D eigenvalue weighted by atomic mass is 9.85. The molecule has 1 aromatic carbocycles. The number of esters is 1. The SMILES string of the molecule is NC1=NC2C(CN3C(=O)CCC3=O)N=C(N)N3CC(OC(=O)c4cc(C(F)(F)F)ccc4C(F)(F)F)C(O)(O)C23N1. The van der Waals surface area contributed by atoms with Crippen molar-refractivity contribution < 1.29 is 55.7 Å². The lowest BCUT2D eigenvalue weighted by Gasteiger charge is -2.48. The average Bonchev–Trinajstić information content (AvgIpc) is 3.45. The molecule has 2 amide bonds. The predicted molar refractivity (Wildman–Crippen MR) is 122 cm³/mol. The molecule has 19 heteroatoms. The Morgan fingerprint density at radius 2 is 1.71 bits per heavy atom. The van der Waals surface area contributed by atoms with Gasteiger partial charge in [0.15, 0.2) is 23.7 Å². The number of nitrogens with zero attached hydrogens (tertiary/aromatic N) is 4. The monoisotopic (exact) mass is 593 g/mol. The molecule has 2 saturated heterocycles. The van der Waals surface area contributed by atoms with Gasteiger partial charge < -0.3 is 36.6 Å². The number of halogens is 6. The second-order valence-electron chi connectivity index (χ2n) is 9.79. The maximum Gasteiger partial charge on any atom is 0.417 e. The Morgan fingerprint density at radius 1 is 1.07 bits per heavy atom. The number of imide groups is 1. The van der Waals surface area contributed by atoms with E-state index in [1.54, 1.807) is 0 Å². The van der Waals surface area contributed by atoms with Crippen LogP contribution in [-0.2, 0) is 26.7 Å². The van der Waals surface area contributed by atoms with Crippen molar-refractivity contribution in [3.63, 3.8) is 0 Å². The van der Waals surface area contributed by atoms with Gasteiger partial charge in [-0.1, -0.05) is 0 Å². The van der Waals surface area contributed by atoms with Gasteiger partial charge in [-0.3, -0.25) is 14.5 Å². The summed E-state index contributed by atoms with van der Waals surface area (Å²) in [6, 6.07) is -2.46. The topological polar surface area (TPSA) is 196 Å². The van der Waals surface area contributed by atoms with Crippen molar-refractivity contribution in [1.29, 1.82) is 0 Å². The lowest BCUT2D eigenvalue weighted by Crippen LogP contribution is -2.77. The second kappa shape index (κ2) is 8.93. The van der Waals surface area contributed by atoms with E-state index in [1.165, 1.54) is 0 Å². The molecule has 13 nitrogen and oxygen atoms in total. The van der Waals surface area contributed by atoms with Gasteiger partial charge in [0, 0.05) is 12.8 Å². The van der Waals surface area contributed by atoms with Crippen LogP contribution in [0.1, 0.15) is 34.3 Å². The standard InChI is InChI=1S/C22H21F6N7O6/c23-21(24,25)8-1-2-10(22(26,27)28)9(5-8)16(38)41-12-7-35-18(30)31-11(6-34-13(36)3-4-14(34)37)15-19(35,20(12,39)40)33-17(29)32-15/h1-2,5,11-12,15,39-40H,3-4,6-7H2,(H2,30,31)(H3,29,32,33). The molecule has 4 heterocycles. The molecule has 0 bridgehead atoms. The van der Waals surface area contributed by atoms with E-state index in [2.05, 4.69) is 15.3 Å². The molecule has 2 fully saturated rings. The molecule has 1 spiro atoms. The van der Waals surface area contributed by atoms with E-state index in [4.69, 9.17) is 16.2 Å². The van der Waals surface area contributed by atoms with Gasteiger partial charge in [0.2, 0.25) is 17.6 Å². The number of nitrogens with one attached hydrogen (secondary N) is 1. The normalized spacial score (nSPS) is 29.1. The largest absolute Gasteiger partial charge is 0.451 e. The third kappa shape index (κ3) is 4.30. The molecule has 222 valence electrons. The molecule has 4 atom stereocenters. The molecule has 4 aliphatic heterocycles. The van der Waals surface area contributed by atoms with Gasteiger partial charge in [-0.2, -0.15) is 26.3 Å². The number of guanidine groups is 2. The van der Waals surface area contributed by atoms with Crippen LogP contribution in [0.4, 0.5) is 26.3 Å². The van der Waals surface area contributed by atoms with Crippen LogP contribution >= 0.6 is 0 Å². The minimum Gasteiger partial charge on any atom is -0.451 e. The highest BCUT2D eigenvalue weighted by atomic mass is 19.4. The lowest BCUT2D eigenvalue weighted by molar-refractivity contribution is -0.256. The van der Waals surface area contributed by atoms with Crippen LogP contribution in [0.15, 0.2) is 28.2 Å². The highest BCUT2D eigenvalue weighted by molar-refractivity contribution is 6.02. The molecule has 0 aliphatic carbocycles. The first-order valence-corrected chi connectivity index (χ1v) is 11.9. The average molecular weight is 593 g/mol. The number of ether oxygens (including phenoxy) is 1. The predicted octanol–water partition coefficient (Wildman–Crippen LogP) is -0.925. The van der Waals surface area contributed by atoms with E-state index in [9.17, 15) is 50.9 Å². The minimum absolute atomic E-state index is 0.0560. The number of amides is 2. The van der Waals surface area contributed by atoms with Gasteiger partial charge in [-0.05, 0) is 18.2 Å². The van der Waals surface area contributed by atoms with Crippen LogP contribution in [-0.4, -0.2) is 92.4 Å². The summed E-state index contributed by atoms with van der Waals surface area (Å²) in [5, 5.41) is 25.2. The van der Waals surface area contributed by atoms with E-state index in [-0.39, 0.29) is 37.0 Å². The van der Waals surface area contributed by atoms with Crippen LogP contribution in [0, 0.1) is 0 Å². The zero-order valence-electron chi connectivity index (χ0n) is 20.5. The highest BCUT2D eigenvalue weighted by Crippen LogP contribution is 2.46. The van der Waals surface area contributed by atoms with Crippen LogP contribution < -0.4 is 16.8 Å². The fourth-order valence-corrected chi connectivity index (χ4v) is 5.51. The quantitative estimate of drug-likeness (QED) is 0.126. The molecule has 7 N–H and O–H groups in total. The van der Waals surface area contributed by atoms with Gasteiger partial charge in [-0.15, -0.1) is 0 Å². The van der Waals surface area contributed by atoms with Crippen molar-refractivity contribution in [2.45, 2.75) is 54.8 Å². The van der Waals surface area contributed by atoms with Crippen LogP contribution in [0.25, 0.3) is 0 Å². The van der Waals surface area contributed by atoms with E-state index < -0.39 is 95.5 Å². The molecule has 0 radical (unpaired) electrons. The first-order chi connectivity index (χ1) is 18.9. The number of hydrogen-bond donors (Lipinski definition) is 5. The molecule has 4 unspecified atom stereocenters. The van der Waals surface area contributed by atoms with Gasteiger partial charge in [0.05, 0.1) is 35.8 Å². The molecular formula is C22H21F6N7O6. The third-order valence-electron chi connectivity index (χ3n) is 7.39. The number of rotatable bonds is 4. The summed E-state index contributed by atoms with van der Waals surface area (Å²) in [5.41, 5.74) is 4.74. The number of alkyl halides is 6. The van der Waals surface area contributed by atoms with Gasteiger partial charge in [-0.25, -0.2) is 14.8 Å². The number of carbonyl (C=O) groups is 3. The summed E-state index contributed by atoms with van der Waals surface area (Å²) < 4.78 is 85.3. The van der Waals surface area contributed by atoms with Crippen LogP contribution in [0.2, 0.25) is 0 Å². The number of nitrogens with two attached hydrogens (primary N) is 2. The van der Waals surface area contributed by atoms with Crippen molar-refractivity contribution in [1.82, 2.24) is 15.1 Å². The van der Waals surface area contributed by atoms with Gasteiger partial charge in [0.25, 0.3) is 0 Å². The first-order valence-electron chi connectivity index (χ1n) is 11.9. The number of aliphatic hydroxyl groups is 2. The fourth-order valence-electron chi connectivity index (χ4n) is 5.51. The minimum atomic E-state index is -5.27. The Balaban J connectivity index is 1.49. The Morgan fingerprint density at radius 3 is 2.29 bits per heavy atom. The molecule has 41 heavy (non-hydrogen) atoms. The summed E-state index contributed by atoms with van der Waals surface area (Å²) >= 11 is 0. The summed E-state index contributed by atoms with van der Waals surface area (Å²) in [6.07, 6.45) is -12.6. The van der Waals surface area contributed by atoms with Gasteiger partial charge >= 0.3 is 18.3 Å². The fraction of sp³-hybridized carbons (Fsp3) is 0.500.